The Hall–Kier alpha value is -3.19. The van der Waals surface area contributed by atoms with Gasteiger partial charge in [0.25, 0.3) is 5.91 Å². The molecule has 1 N–H and O–H groups in total. The Bertz CT molecular complexity index is 1070. The predicted molar refractivity (Wildman–Crippen MR) is 116 cm³/mol. The number of anilines is 1. The van der Waals surface area contributed by atoms with Gasteiger partial charge >= 0.3 is 0 Å². The molecule has 2 heterocycles. The highest BCUT2D eigenvalue weighted by molar-refractivity contribution is 5.94. The highest BCUT2D eigenvalue weighted by Gasteiger charge is 2.27. The van der Waals surface area contributed by atoms with Crippen LogP contribution in [0.5, 0.6) is 0 Å². The van der Waals surface area contributed by atoms with Crippen molar-refractivity contribution in [2.24, 2.45) is 0 Å². The smallest absolute Gasteiger partial charge is 0.251 e. The summed E-state index contributed by atoms with van der Waals surface area (Å²) in [7, 11) is 0. The Morgan fingerprint density at radius 2 is 1.87 bits per heavy atom. The molecule has 0 spiro atoms. The predicted octanol–water partition coefficient (Wildman–Crippen LogP) is 3.66. The number of carbonyl (C=O) groups excluding carboxylic acids is 1. The number of nitrogens with one attached hydrogen (secondary N) is 1. The number of ether oxygens (including phenoxy) is 1. The van der Waals surface area contributed by atoms with Gasteiger partial charge in [0, 0.05) is 35.6 Å². The zero-order chi connectivity index (χ0) is 21.2. The number of benzene rings is 2. The fourth-order valence-corrected chi connectivity index (χ4v) is 4.42. The fourth-order valence-electron chi connectivity index (χ4n) is 4.42. The third-order valence-electron chi connectivity index (χ3n) is 6.07. The summed E-state index contributed by atoms with van der Waals surface area (Å²) in [6, 6.07) is 14.2. The van der Waals surface area contributed by atoms with Crippen LogP contribution in [0.1, 0.15) is 40.5 Å². The Labute approximate surface area is 180 Å². The maximum absolute atomic E-state index is 14.3. The van der Waals surface area contributed by atoms with E-state index in [1.165, 1.54) is 6.07 Å². The van der Waals surface area contributed by atoms with Crippen molar-refractivity contribution in [3.05, 3.63) is 77.4 Å². The first kappa shape index (κ1) is 19.8. The van der Waals surface area contributed by atoms with E-state index in [1.54, 1.807) is 29.1 Å². The second-order valence-corrected chi connectivity index (χ2v) is 7.97. The van der Waals surface area contributed by atoms with E-state index in [9.17, 15) is 9.18 Å². The van der Waals surface area contributed by atoms with Crippen LogP contribution in [0.15, 0.2) is 54.7 Å². The second kappa shape index (κ2) is 8.51. The van der Waals surface area contributed by atoms with Crippen molar-refractivity contribution in [1.29, 1.82) is 0 Å². The maximum atomic E-state index is 14.3. The number of amides is 1. The average Bonchev–Trinajstić information content (AvgIpc) is 3.25. The molecule has 2 aliphatic rings. The number of carbonyl (C=O) groups is 1. The van der Waals surface area contributed by atoms with Gasteiger partial charge in [-0.05, 0) is 55.7 Å². The number of rotatable bonds is 4. The number of aromatic nitrogens is 2. The summed E-state index contributed by atoms with van der Waals surface area (Å²) >= 11 is 0. The molecule has 1 unspecified atom stereocenters. The Balaban J connectivity index is 1.32. The summed E-state index contributed by atoms with van der Waals surface area (Å²) in [5.74, 6) is -0.412. The molecule has 160 valence electrons. The zero-order valence-corrected chi connectivity index (χ0v) is 17.3. The number of morpholine rings is 1. The van der Waals surface area contributed by atoms with Crippen molar-refractivity contribution in [3.63, 3.8) is 0 Å². The number of hydrogen-bond acceptors (Lipinski definition) is 4. The summed E-state index contributed by atoms with van der Waals surface area (Å²) in [6.07, 6.45) is 4.32. The lowest BCUT2D eigenvalue weighted by atomic mass is 9.92. The number of halogens is 1. The van der Waals surface area contributed by atoms with Crippen molar-refractivity contribution < 1.29 is 13.9 Å². The molecule has 1 saturated heterocycles. The van der Waals surface area contributed by atoms with E-state index < -0.39 is 0 Å². The molecule has 1 aliphatic carbocycles. The lowest BCUT2D eigenvalue weighted by Crippen LogP contribution is -2.36. The van der Waals surface area contributed by atoms with Gasteiger partial charge in [-0.1, -0.05) is 12.1 Å². The first-order valence-electron chi connectivity index (χ1n) is 10.8. The van der Waals surface area contributed by atoms with E-state index in [2.05, 4.69) is 15.3 Å². The van der Waals surface area contributed by atoms with E-state index in [1.807, 2.05) is 24.3 Å². The molecule has 1 fully saturated rings. The normalized spacial score (nSPS) is 18.5. The van der Waals surface area contributed by atoms with Gasteiger partial charge in [-0.15, -0.1) is 0 Å². The molecule has 1 amide bonds. The van der Waals surface area contributed by atoms with Crippen molar-refractivity contribution in [3.8, 4) is 5.69 Å². The fraction of sp³-hybridized carbons (Fsp3) is 0.333. The molecule has 2 aromatic carbocycles. The van der Waals surface area contributed by atoms with Crippen LogP contribution in [-0.2, 0) is 11.2 Å². The van der Waals surface area contributed by atoms with Gasteiger partial charge in [-0.3, -0.25) is 4.79 Å². The van der Waals surface area contributed by atoms with Gasteiger partial charge in [-0.2, -0.15) is 5.10 Å². The van der Waals surface area contributed by atoms with Crippen LogP contribution in [0.3, 0.4) is 0 Å². The van der Waals surface area contributed by atoms with Crippen LogP contribution in [0.4, 0.5) is 10.1 Å². The molecule has 7 heteroatoms. The van der Waals surface area contributed by atoms with Crippen LogP contribution in [-0.4, -0.2) is 42.0 Å². The Morgan fingerprint density at radius 1 is 1.10 bits per heavy atom. The molecule has 0 radical (unpaired) electrons. The minimum Gasteiger partial charge on any atom is -0.378 e. The van der Waals surface area contributed by atoms with E-state index in [0.29, 0.717) is 11.3 Å². The lowest BCUT2D eigenvalue weighted by Gasteiger charge is -2.29. The molecule has 1 aromatic heterocycles. The molecule has 0 bridgehead atoms. The quantitative estimate of drug-likeness (QED) is 0.700. The summed E-state index contributed by atoms with van der Waals surface area (Å²) in [5.41, 5.74) is 4.10. The van der Waals surface area contributed by atoms with Crippen molar-refractivity contribution in [2.45, 2.75) is 25.3 Å². The summed E-state index contributed by atoms with van der Waals surface area (Å²) in [5, 5.41) is 7.58. The van der Waals surface area contributed by atoms with Crippen LogP contribution in [0.2, 0.25) is 0 Å². The van der Waals surface area contributed by atoms with Crippen LogP contribution in [0.25, 0.3) is 5.69 Å². The van der Waals surface area contributed by atoms with Gasteiger partial charge in [0.1, 0.15) is 11.5 Å². The van der Waals surface area contributed by atoms with Gasteiger partial charge in [-0.25, -0.2) is 9.07 Å². The van der Waals surface area contributed by atoms with Crippen molar-refractivity contribution in [2.75, 3.05) is 31.2 Å². The van der Waals surface area contributed by atoms with Crippen LogP contribution < -0.4 is 10.2 Å². The van der Waals surface area contributed by atoms with Gasteiger partial charge < -0.3 is 15.0 Å². The monoisotopic (exact) mass is 420 g/mol. The van der Waals surface area contributed by atoms with E-state index >= 15 is 0 Å². The molecular weight excluding hydrogens is 395 g/mol. The molecule has 31 heavy (non-hydrogen) atoms. The first-order chi connectivity index (χ1) is 15.2. The van der Waals surface area contributed by atoms with E-state index in [4.69, 9.17) is 4.74 Å². The van der Waals surface area contributed by atoms with E-state index in [-0.39, 0.29) is 17.8 Å². The minimum absolute atomic E-state index is 0.106. The number of para-hydroxylation sites is 1. The number of fused-ring (bicyclic) bond motifs is 1. The van der Waals surface area contributed by atoms with Gasteiger partial charge in [0.2, 0.25) is 0 Å². The van der Waals surface area contributed by atoms with Crippen molar-refractivity contribution in [1.82, 2.24) is 15.1 Å². The SMILES string of the molecule is O=C(NC1CCCc2c1cnn2-c1ccccc1F)c1ccc(N2CCOCC2)cc1. The first-order valence-corrected chi connectivity index (χ1v) is 10.8. The summed E-state index contributed by atoms with van der Waals surface area (Å²) < 4.78 is 21.3. The highest BCUT2D eigenvalue weighted by Crippen LogP contribution is 2.32. The standard InChI is InChI=1S/C24H25FN4O2/c25-20-4-1-2-6-23(20)29-22-7-3-5-21(19(22)16-26-29)27-24(30)17-8-10-18(11-9-17)28-12-14-31-15-13-28/h1-2,4,6,8-11,16,21H,3,5,7,12-15H2,(H,27,30). The highest BCUT2D eigenvalue weighted by atomic mass is 19.1. The molecule has 1 atom stereocenters. The minimum atomic E-state index is -0.306. The van der Waals surface area contributed by atoms with Gasteiger partial charge in [0.05, 0.1) is 25.5 Å². The molecule has 1 aliphatic heterocycles. The molecule has 5 rings (SSSR count). The Morgan fingerprint density at radius 3 is 2.65 bits per heavy atom. The number of hydrogen-bond donors (Lipinski definition) is 1. The summed E-state index contributed by atoms with van der Waals surface area (Å²) in [6.45, 7) is 3.18. The van der Waals surface area contributed by atoms with Crippen LogP contribution >= 0.6 is 0 Å². The molecule has 0 saturated carbocycles. The Kier molecular flexibility index (Phi) is 5.42. The van der Waals surface area contributed by atoms with Crippen molar-refractivity contribution >= 4 is 11.6 Å². The average molecular weight is 420 g/mol. The molecular formula is C24H25FN4O2. The van der Waals surface area contributed by atoms with Crippen LogP contribution in [0, 0.1) is 5.82 Å². The third kappa shape index (κ3) is 3.93. The topological polar surface area (TPSA) is 59.4 Å². The summed E-state index contributed by atoms with van der Waals surface area (Å²) in [4.78, 5) is 15.2. The third-order valence-corrected chi connectivity index (χ3v) is 6.07. The molecule has 3 aromatic rings. The number of nitrogens with zero attached hydrogens (tertiary/aromatic N) is 3. The maximum Gasteiger partial charge on any atom is 0.251 e. The molecule has 6 nitrogen and oxygen atoms in total. The lowest BCUT2D eigenvalue weighted by molar-refractivity contribution is 0.0932. The van der Waals surface area contributed by atoms with E-state index in [0.717, 1.165) is 62.5 Å². The van der Waals surface area contributed by atoms with Gasteiger partial charge in [0.15, 0.2) is 0 Å². The zero-order valence-electron chi connectivity index (χ0n) is 17.3. The second-order valence-electron chi connectivity index (χ2n) is 7.97. The largest absolute Gasteiger partial charge is 0.378 e.